The zero-order valence-corrected chi connectivity index (χ0v) is 22.1. The number of anilines is 2. The number of halogens is 3. The topological polar surface area (TPSA) is 115 Å². The van der Waals surface area contributed by atoms with Gasteiger partial charge in [0.05, 0.1) is 18.0 Å². The predicted molar refractivity (Wildman–Crippen MR) is 146 cm³/mol. The summed E-state index contributed by atoms with van der Waals surface area (Å²) in [6, 6.07) is 8.89. The van der Waals surface area contributed by atoms with Gasteiger partial charge in [0, 0.05) is 49.3 Å². The first kappa shape index (κ1) is 26.2. The van der Waals surface area contributed by atoms with E-state index in [0.29, 0.717) is 17.0 Å². The summed E-state index contributed by atoms with van der Waals surface area (Å²) in [7, 11) is 1.81. The Labute approximate surface area is 232 Å². The lowest BCUT2D eigenvalue weighted by molar-refractivity contribution is -0.137. The van der Waals surface area contributed by atoms with E-state index in [-0.39, 0.29) is 5.69 Å². The summed E-state index contributed by atoms with van der Waals surface area (Å²) in [5.41, 5.74) is 3.59. The number of rotatable bonds is 4. The number of hydrogen-bond acceptors (Lipinski definition) is 7. The molecule has 10 nitrogen and oxygen atoms in total. The van der Waals surface area contributed by atoms with E-state index in [9.17, 15) is 18.0 Å². The van der Waals surface area contributed by atoms with Crippen LogP contribution in [0.5, 0.6) is 0 Å². The highest BCUT2D eigenvalue weighted by Crippen LogP contribution is 2.38. The average molecular weight is 560 g/mol. The van der Waals surface area contributed by atoms with Crippen LogP contribution in [0.3, 0.4) is 0 Å². The fraction of sp³-hybridized carbons (Fsp3) is 0.214. The van der Waals surface area contributed by atoms with Crippen LogP contribution in [0, 0.1) is 6.92 Å². The van der Waals surface area contributed by atoms with Crippen molar-refractivity contribution in [2.24, 2.45) is 12.0 Å². The van der Waals surface area contributed by atoms with Crippen LogP contribution in [0.4, 0.5) is 30.4 Å². The van der Waals surface area contributed by atoms with Gasteiger partial charge in [-0.25, -0.2) is 9.98 Å². The van der Waals surface area contributed by atoms with Crippen LogP contribution < -0.4 is 16.3 Å². The van der Waals surface area contributed by atoms with Crippen LogP contribution in [0.15, 0.2) is 66.2 Å². The van der Waals surface area contributed by atoms with Crippen molar-refractivity contribution in [2.45, 2.75) is 26.1 Å². The second-order valence-corrected chi connectivity index (χ2v) is 9.68. The predicted octanol–water partition coefficient (Wildman–Crippen LogP) is 4.81. The van der Waals surface area contributed by atoms with Crippen LogP contribution in [0.25, 0.3) is 22.5 Å². The van der Waals surface area contributed by atoms with Gasteiger partial charge < -0.3 is 15.2 Å². The summed E-state index contributed by atoms with van der Waals surface area (Å²) >= 11 is 0. The Morgan fingerprint density at radius 3 is 2.73 bits per heavy atom. The number of carbonyl (C=O) groups is 1. The molecule has 3 aliphatic heterocycles. The smallest absolute Gasteiger partial charge is 0.371 e. The number of nitrogens with one attached hydrogen (secondary N) is 2. The molecule has 5 heterocycles. The number of hydrogen-bond donors (Lipinski definition) is 2. The van der Waals surface area contributed by atoms with Crippen molar-refractivity contribution in [1.82, 2.24) is 29.3 Å². The maximum Gasteiger partial charge on any atom is 0.416 e. The first-order chi connectivity index (χ1) is 19.7. The fourth-order valence-corrected chi connectivity index (χ4v) is 4.78. The summed E-state index contributed by atoms with van der Waals surface area (Å²) in [6.45, 7) is 3.45. The van der Waals surface area contributed by atoms with Crippen molar-refractivity contribution in [1.29, 1.82) is 0 Å². The van der Waals surface area contributed by atoms with Crippen LogP contribution in [-0.2, 0) is 19.8 Å². The minimum atomic E-state index is -4.58. The molecule has 41 heavy (non-hydrogen) atoms. The standard InChI is InChI=1S/C28H24F3N9O/c1-16-4-5-19(36-26(41)23-11-18(6-8-32-23)28(29,30)31)12-21(16)22-10-17-13-34-27(37-20-14-35-39(2)15-20)38-24(17)40-9-3-7-33-25(22)40/h4-6,8,10-15,33H,3,7,9H2,1-2H3,(H,36,41). The quantitative estimate of drug-likeness (QED) is 0.327. The molecule has 2 aromatic heterocycles. The van der Waals surface area contributed by atoms with E-state index in [0.717, 1.165) is 71.7 Å². The van der Waals surface area contributed by atoms with Crippen LogP contribution >= 0.6 is 0 Å². The minimum absolute atomic E-state index is 0.322. The van der Waals surface area contributed by atoms with Crippen molar-refractivity contribution in [3.63, 3.8) is 0 Å². The Kier molecular flexibility index (Phi) is 6.48. The number of benzene rings is 1. The molecule has 0 aliphatic carbocycles. The molecule has 0 saturated carbocycles. The lowest BCUT2D eigenvalue weighted by Gasteiger charge is -2.28. The fourth-order valence-electron chi connectivity index (χ4n) is 4.78. The highest BCUT2D eigenvalue weighted by atomic mass is 19.4. The van der Waals surface area contributed by atoms with Gasteiger partial charge in [-0.05, 0) is 54.8 Å². The lowest BCUT2D eigenvalue weighted by atomic mass is 9.97. The van der Waals surface area contributed by atoms with Gasteiger partial charge in [-0.3, -0.25) is 14.5 Å². The van der Waals surface area contributed by atoms with Gasteiger partial charge in [0.1, 0.15) is 23.0 Å². The third-order valence-electron chi connectivity index (χ3n) is 6.74. The molecule has 13 heteroatoms. The zero-order valence-electron chi connectivity index (χ0n) is 22.1. The molecule has 0 radical (unpaired) electrons. The molecular weight excluding hydrogens is 535 g/mol. The lowest BCUT2D eigenvalue weighted by Crippen LogP contribution is -2.25. The van der Waals surface area contributed by atoms with E-state index >= 15 is 0 Å². The molecular formula is C28H24F3N9O. The normalized spacial score (nSPS) is 13.6. The van der Waals surface area contributed by atoms with Gasteiger partial charge in [0.2, 0.25) is 0 Å². The molecule has 0 bridgehead atoms. The Bertz CT molecular complexity index is 1820. The number of aromatic nitrogens is 6. The molecule has 3 aliphatic rings. The van der Waals surface area contributed by atoms with E-state index in [1.165, 1.54) is 0 Å². The first-order valence-electron chi connectivity index (χ1n) is 12.8. The van der Waals surface area contributed by atoms with Crippen molar-refractivity contribution < 1.29 is 18.0 Å². The van der Waals surface area contributed by atoms with Crippen LogP contribution in [0.1, 0.15) is 28.0 Å². The Morgan fingerprint density at radius 2 is 1.95 bits per heavy atom. The average Bonchev–Trinajstić information content (AvgIpc) is 3.37. The van der Waals surface area contributed by atoms with Gasteiger partial charge >= 0.3 is 6.18 Å². The van der Waals surface area contributed by atoms with Gasteiger partial charge in [-0.15, -0.1) is 0 Å². The first-order valence-corrected chi connectivity index (χ1v) is 12.8. The molecule has 1 amide bonds. The van der Waals surface area contributed by atoms with Crippen LogP contribution in [-0.4, -0.2) is 41.8 Å². The monoisotopic (exact) mass is 559 g/mol. The Balaban J connectivity index is 1.39. The molecule has 0 saturated heterocycles. The molecule has 0 fully saturated rings. The Hall–Kier alpha value is -5.07. The van der Waals surface area contributed by atoms with E-state index in [2.05, 4.69) is 35.3 Å². The van der Waals surface area contributed by atoms with E-state index < -0.39 is 17.6 Å². The maximum atomic E-state index is 13.1. The molecule has 0 unspecified atom stereocenters. The van der Waals surface area contributed by atoms with Crippen LogP contribution in [0.2, 0.25) is 0 Å². The number of amides is 1. The van der Waals surface area contributed by atoms with Crippen molar-refractivity contribution in [3.8, 4) is 22.5 Å². The molecule has 2 N–H and O–H groups in total. The van der Waals surface area contributed by atoms with Crippen molar-refractivity contribution in [3.05, 3.63) is 83.6 Å². The summed E-state index contributed by atoms with van der Waals surface area (Å²) in [5.74, 6) is 0.851. The highest BCUT2D eigenvalue weighted by Gasteiger charge is 2.31. The van der Waals surface area contributed by atoms with Crippen molar-refractivity contribution >= 4 is 23.1 Å². The SMILES string of the molecule is Cc1ccc(NC(=O)c2cc(C(F)(F)F)ccn2)cc1-c1cc2cnc(=Nc3cnn(C)c3)nc-2n2c1NCCC2. The largest absolute Gasteiger partial charge is 0.416 e. The number of alkyl halides is 3. The Morgan fingerprint density at radius 1 is 1.10 bits per heavy atom. The highest BCUT2D eigenvalue weighted by molar-refractivity contribution is 6.03. The summed E-state index contributed by atoms with van der Waals surface area (Å²) in [6.07, 6.45) is 2.43. The van der Waals surface area contributed by atoms with Gasteiger partial charge in [-0.1, -0.05) is 6.07 Å². The zero-order chi connectivity index (χ0) is 28.7. The molecule has 208 valence electrons. The number of nitrogens with zero attached hydrogens (tertiary/aromatic N) is 7. The van der Waals surface area contributed by atoms with Crippen molar-refractivity contribution in [2.75, 3.05) is 17.2 Å². The van der Waals surface area contributed by atoms with Gasteiger partial charge in [0.25, 0.3) is 11.5 Å². The number of aryl methyl sites for hydroxylation is 2. The van der Waals surface area contributed by atoms with Gasteiger partial charge in [0.15, 0.2) is 0 Å². The molecule has 3 aromatic rings. The van der Waals surface area contributed by atoms with Gasteiger partial charge in [-0.2, -0.15) is 23.3 Å². The third kappa shape index (κ3) is 5.25. The minimum Gasteiger partial charge on any atom is -0.371 e. The summed E-state index contributed by atoms with van der Waals surface area (Å²) < 4.78 is 43.1. The summed E-state index contributed by atoms with van der Waals surface area (Å²) in [4.78, 5) is 30.3. The number of pyridine rings is 2. The second-order valence-electron chi connectivity index (χ2n) is 9.68. The molecule has 6 rings (SSSR count). The summed E-state index contributed by atoms with van der Waals surface area (Å²) in [5, 5.41) is 10.3. The second kappa shape index (κ2) is 10.2. The molecule has 1 aromatic carbocycles. The number of carbonyl (C=O) groups excluding carboxylic acids is 1. The molecule has 0 atom stereocenters. The van der Waals surface area contributed by atoms with E-state index in [4.69, 9.17) is 4.98 Å². The van der Waals surface area contributed by atoms with E-state index in [1.807, 2.05) is 26.1 Å². The maximum absolute atomic E-state index is 13.1. The number of fused-ring (bicyclic) bond motifs is 3. The third-order valence-corrected chi connectivity index (χ3v) is 6.74. The molecule has 0 spiro atoms. The van der Waals surface area contributed by atoms with E-state index in [1.54, 1.807) is 35.4 Å².